The molecule has 0 saturated carbocycles. The number of phenolic OH excluding ortho intramolecular Hbond substituents is 1. The molecule has 1 amide bonds. The number of nitriles is 1. The van der Waals surface area contributed by atoms with Crippen LogP contribution in [0.1, 0.15) is 21.5 Å². The topological polar surface area (TPSA) is 99.4 Å². The molecule has 2 aromatic carbocycles. The number of aryl methyl sites for hydroxylation is 1. The summed E-state index contributed by atoms with van der Waals surface area (Å²) in [5.41, 5.74) is 2.20. The molecule has 6 nitrogen and oxygen atoms in total. The van der Waals surface area contributed by atoms with Crippen LogP contribution >= 0.6 is 0 Å². The van der Waals surface area contributed by atoms with Crippen LogP contribution in [-0.4, -0.2) is 23.6 Å². The molecule has 0 bridgehead atoms. The van der Waals surface area contributed by atoms with Crippen molar-refractivity contribution >= 4 is 17.6 Å². The molecule has 0 aliphatic rings. The van der Waals surface area contributed by atoms with E-state index < -0.39 is 18.5 Å². The van der Waals surface area contributed by atoms with Gasteiger partial charge < -0.3 is 15.2 Å². The molecule has 0 saturated heterocycles. The van der Waals surface area contributed by atoms with Crippen molar-refractivity contribution in [3.63, 3.8) is 0 Å². The number of amides is 1. The first-order valence-electron chi connectivity index (χ1n) is 7.22. The lowest BCUT2D eigenvalue weighted by atomic mass is 10.1. The molecule has 0 aliphatic carbocycles. The van der Waals surface area contributed by atoms with Crippen LogP contribution in [0.2, 0.25) is 0 Å². The second kappa shape index (κ2) is 7.79. The van der Waals surface area contributed by atoms with Crippen molar-refractivity contribution in [1.29, 1.82) is 5.26 Å². The molecule has 0 atom stereocenters. The van der Waals surface area contributed by atoms with E-state index in [0.717, 1.165) is 11.1 Å². The van der Waals surface area contributed by atoms with Crippen LogP contribution in [-0.2, 0) is 16.0 Å². The molecule has 2 aromatic rings. The van der Waals surface area contributed by atoms with Crippen LogP contribution in [0, 0.1) is 18.3 Å². The highest BCUT2D eigenvalue weighted by Gasteiger charge is 2.14. The summed E-state index contributed by atoms with van der Waals surface area (Å²) in [6.07, 6.45) is 0.298. The van der Waals surface area contributed by atoms with Crippen LogP contribution in [0.3, 0.4) is 0 Å². The molecule has 0 aromatic heterocycles. The van der Waals surface area contributed by atoms with E-state index in [1.54, 1.807) is 37.3 Å². The molecule has 0 fully saturated rings. The Labute approximate surface area is 139 Å². The number of carbonyl (C=O) groups is 2. The fourth-order valence-corrected chi connectivity index (χ4v) is 2.02. The smallest absolute Gasteiger partial charge is 0.342 e. The first kappa shape index (κ1) is 17.0. The zero-order valence-corrected chi connectivity index (χ0v) is 13.1. The Morgan fingerprint density at radius 1 is 1.21 bits per heavy atom. The van der Waals surface area contributed by atoms with E-state index in [9.17, 15) is 14.7 Å². The van der Waals surface area contributed by atoms with Crippen molar-refractivity contribution in [2.75, 3.05) is 11.9 Å². The highest BCUT2D eigenvalue weighted by molar-refractivity contribution is 5.96. The maximum atomic E-state index is 11.9. The van der Waals surface area contributed by atoms with Crippen molar-refractivity contribution in [2.24, 2.45) is 0 Å². The Morgan fingerprint density at radius 3 is 2.54 bits per heavy atom. The van der Waals surface area contributed by atoms with E-state index in [1.165, 1.54) is 12.1 Å². The van der Waals surface area contributed by atoms with E-state index >= 15 is 0 Å². The average molecular weight is 324 g/mol. The number of esters is 1. The van der Waals surface area contributed by atoms with Gasteiger partial charge in [0.25, 0.3) is 5.91 Å². The number of aromatic hydroxyl groups is 1. The number of ether oxygens (including phenoxy) is 1. The van der Waals surface area contributed by atoms with Crippen LogP contribution in [0.15, 0.2) is 42.5 Å². The number of nitrogens with one attached hydrogen (secondary N) is 1. The number of hydrogen-bond acceptors (Lipinski definition) is 5. The first-order chi connectivity index (χ1) is 11.5. The predicted molar refractivity (Wildman–Crippen MR) is 87.5 cm³/mol. The fraction of sp³-hybridized carbons (Fsp3) is 0.167. The standard InChI is InChI=1S/C18H16N2O4/c1-12-2-7-15(16(21)10-12)18(23)24-11-17(22)20-14-5-3-13(4-6-14)8-9-19/h2-7,10,21H,8,11H2,1H3,(H,20,22). The third kappa shape index (κ3) is 4.58. The fourth-order valence-electron chi connectivity index (χ4n) is 2.02. The van der Waals surface area contributed by atoms with Crippen LogP contribution < -0.4 is 5.32 Å². The molecular formula is C18H16N2O4. The molecule has 2 N–H and O–H groups in total. The van der Waals surface area contributed by atoms with Crippen molar-refractivity contribution in [1.82, 2.24) is 0 Å². The molecule has 0 radical (unpaired) electrons. The van der Waals surface area contributed by atoms with Crippen molar-refractivity contribution in [3.8, 4) is 11.8 Å². The molecule has 0 spiro atoms. The zero-order chi connectivity index (χ0) is 17.5. The quantitative estimate of drug-likeness (QED) is 0.823. The Morgan fingerprint density at radius 2 is 1.92 bits per heavy atom. The minimum Gasteiger partial charge on any atom is -0.507 e. The second-order valence-corrected chi connectivity index (χ2v) is 5.18. The zero-order valence-electron chi connectivity index (χ0n) is 13.1. The van der Waals surface area contributed by atoms with Gasteiger partial charge >= 0.3 is 5.97 Å². The monoisotopic (exact) mass is 324 g/mol. The van der Waals surface area contributed by atoms with Gasteiger partial charge in [0.15, 0.2) is 6.61 Å². The summed E-state index contributed by atoms with van der Waals surface area (Å²) >= 11 is 0. The average Bonchev–Trinajstić information content (AvgIpc) is 2.55. The predicted octanol–water partition coefficient (Wildman–Crippen LogP) is 2.56. The number of anilines is 1. The van der Waals surface area contributed by atoms with Gasteiger partial charge in [-0.1, -0.05) is 18.2 Å². The number of nitrogens with zero attached hydrogens (tertiary/aromatic N) is 1. The number of hydrogen-bond donors (Lipinski definition) is 2. The molecule has 0 aliphatic heterocycles. The minimum absolute atomic E-state index is 0.00857. The van der Waals surface area contributed by atoms with Gasteiger partial charge in [0.2, 0.25) is 0 Å². The molecule has 0 heterocycles. The molecular weight excluding hydrogens is 308 g/mol. The maximum absolute atomic E-state index is 11.9. The van der Waals surface area contributed by atoms with Crippen LogP contribution in [0.25, 0.3) is 0 Å². The molecule has 6 heteroatoms. The SMILES string of the molecule is Cc1ccc(C(=O)OCC(=O)Nc2ccc(CC#N)cc2)c(O)c1. The van der Waals surface area contributed by atoms with Gasteiger partial charge in [0.1, 0.15) is 11.3 Å². The number of phenols is 1. The highest BCUT2D eigenvalue weighted by Crippen LogP contribution is 2.19. The maximum Gasteiger partial charge on any atom is 0.342 e. The van der Waals surface area contributed by atoms with E-state index in [0.29, 0.717) is 12.1 Å². The summed E-state index contributed by atoms with van der Waals surface area (Å²) in [5.74, 6) is -1.46. The van der Waals surface area contributed by atoms with Gasteiger partial charge in [-0.05, 0) is 42.3 Å². The lowest BCUT2D eigenvalue weighted by Crippen LogP contribution is -2.21. The number of benzene rings is 2. The normalized spacial score (nSPS) is 9.83. The van der Waals surface area contributed by atoms with Gasteiger partial charge in [-0.2, -0.15) is 5.26 Å². The lowest BCUT2D eigenvalue weighted by Gasteiger charge is -2.08. The Balaban J connectivity index is 1.88. The van der Waals surface area contributed by atoms with Crippen LogP contribution in [0.4, 0.5) is 5.69 Å². The van der Waals surface area contributed by atoms with Gasteiger partial charge in [-0.3, -0.25) is 4.79 Å². The summed E-state index contributed by atoms with van der Waals surface area (Å²) in [6, 6.07) is 13.4. The summed E-state index contributed by atoms with van der Waals surface area (Å²) in [6.45, 7) is 1.32. The van der Waals surface area contributed by atoms with E-state index in [-0.39, 0.29) is 11.3 Å². The Kier molecular flexibility index (Phi) is 5.53. The minimum atomic E-state index is -0.771. The van der Waals surface area contributed by atoms with Crippen molar-refractivity contribution < 1.29 is 19.4 Å². The van der Waals surface area contributed by atoms with E-state index in [2.05, 4.69) is 5.32 Å². The van der Waals surface area contributed by atoms with Gasteiger partial charge in [0, 0.05) is 5.69 Å². The number of rotatable bonds is 5. The molecule has 122 valence electrons. The van der Waals surface area contributed by atoms with Gasteiger partial charge in [-0.15, -0.1) is 0 Å². The second-order valence-electron chi connectivity index (χ2n) is 5.18. The third-order valence-corrected chi connectivity index (χ3v) is 3.23. The van der Waals surface area contributed by atoms with E-state index in [1.807, 2.05) is 6.07 Å². The Bertz CT molecular complexity index is 792. The van der Waals surface area contributed by atoms with Gasteiger partial charge in [-0.25, -0.2) is 4.79 Å². The van der Waals surface area contributed by atoms with Gasteiger partial charge in [0.05, 0.1) is 12.5 Å². The summed E-state index contributed by atoms with van der Waals surface area (Å²) in [5, 5.41) is 20.9. The third-order valence-electron chi connectivity index (χ3n) is 3.23. The van der Waals surface area contributed by atoms with E-state index in [4.69, 9.17) is 10.00 Å². The molecule has 24 heavy (non-hydrogen) atoms. The highest BCUT2D eigenvalue weighted by atomic mass is 16.5. The first-order valence-corrected chi connectivity index (χ1v) is 7.22. The summed E-state index contributed by atoms with van der Waals surface area (Å²) in [7, 11) is 0. The lowest BCUT2D eigenvalue weighted by molar-refractivity contribution is -0.119. The largest absolute Gasteiger partial charge is 0.507 e. The Hall–Kier alpha value is -3.33. The molecule has 2 rings (SSSR count). The number of carbonyl (C=O) groups excluding carboxylic acids is 2. The van der Waals surface area contributed by atoms with Crippen molar-refractivity contribution in [2.45, 2.75) is 13.3 Å². The molecule has 0 unspecified atom stereocenters. The van der Waals surface area contributed by atoms with Crippen molar-refractivity contribution in [3.05, 3.63) is 59.2 Å². The summed E-state index contributed by atoms with van der Waals surface area (Å²) < 4.78 is 4.89. The summed E-state index contributed by atoms with van der Waals surface area (Å²) in [4.78, 5) is 23.7. The van der Waals surface area contributed by atoms with Crippen LogP contribution in [0.5, 0.6) is 5.75 Å².